The molecule has 0 aliphatic carbocycles. The van der Waals surface area contributed by atoms with Crippen molar-refractivity contribution in [2.24, 2.45) is 5.73 Å². The Morgan fingerprint density at radius 3 is 2.73 bits per heavy atom. The lowest BCUT2D eigenvalue weighted by Gasteiger charge is -2.39. The van der Waals surface area contributed by atoms with Gasteiger partial charge in [-0.3, -0.25) is 9.69 Å². The third-order valence-electron chi connectivity index (χ3n) is 2.33. The molecule has 0 bridgehead atoms. The molecule has 1 amide bonds. The molecule has 1 heterocycles. The molecule has 0 spiro atoms. The van der Waals surface area contributed by atoms with E-state index in [2.05, 4.69) is 0 Å². The number of hydrogen-bond acceptors (Lipinski definition) is 3. The van der Waals surface area contributed by atoms with Crippen LogP contribution in [0.3, 0.4) is 0 Å². The normalized spacial score (nSPS) is 33.6. The number of amides is 1. The quantitative estimate of drug-likeness (QED) is 0.604. The van der Waals surface area contributed by atoms with Gasteiger partial charge in [-0.15, -0.1) is 0 Å². The van der Waals surface area contributed by atoms with E-state index in [1.54, 1.807) is 11.8 Å². The number of likely N-dealkylation sites (N-methyl/N-ethyl adjacent to an activating group) is 1. The van der Waals surface area contributed by atoms with Crippen LogP contribution in [0.15, 0.2) is 0 Å². The molecule has 1 atom stereocenters. The largest absolute Gasteiger partial charge is 0.368 e. The first-order chi connectivity index (χ1) is 5.07. The molecule has 0 aromatic rings. The van der Waals surface area contributed by atoms with Crippen LogP contribution in [0.2, 0.25) is 0 Å². The molecule has 0 aromatic heterocycles. The predicted molar refractivity (Wildman–Crippen MR) is 47.6 cm³/mol. The second-order valence-corrected chi connectivity index (χ2v) is 4.22. The van der Waals surface area contributed by atoms with Gasteiger partial charge < -0.3 is 5.73 Å². The van der Waals surface area contributed by atoms with Gasteiger partial charge in [-0.25, -0.2) is 0 Å². The zero-order valence-electron chi connectivity index (χ0n) is 6.96. The van der Waals surface area contributed by atoms with E-state index in [9.17, 15) is 4.79 Å². The van der Waals surface area contributed by atoms with Crippen LogP contribution < -0.4 is 5.73 Å². The van der Waals surface area contributed by atoms with E-state index in [4.69, 9.17) is 5.73 Å². The van der Waals surface area contributed by atoms with Crippen molar-refractivity contribution >= 4 is 17.7 Å². The maximum atomic E-state index is 11.1. The molecule has 4 heteroatoms. The highest BCUT2D eigenvalue weighted by molar-refractivity contribution is 7.99. The van der Waals surface area contributed by atoms with Gasteiger partial charge in [0.2, 0.25) is 5.91 Å². The lowest BCUT2D eigenvalue weighted by Crippen LogP contribution is -2.58. The first-order valence-electron chi connectivity index (χ1n) is 3.66. The van der Waals surface area contributed by atoms with Crippen molar-refractivity contribution in [2.45, 2.75) is 12.5 Å². The summed E-state index contributed by atoms with van der Waals surface area (Å²) in [6.45, 7) is 2.85. The number of rotatable bonds is 1. The van der Waals surface area contributed by atoms with E-state index in [1.807, 2.05) is 18.9 Å². The predicted octanol–water partition coefficient (Wildman–Crippen LogP) is -0.0910. The second-order valence-electron chi connectivity index (χ2n) is 3.11. The minimum Gasteiger partial charge on any atom is -0.368 e. The SMILES string of the molecule is CN1CCSCC1(C)C(N)=O. The summed E-state index contributed by atoms with van der Waals surface area (Å²) in [6, 6.07) is 0. The molecule has 1 aliphatic rings. The fourth-order valence-corrected chi connectivity index (χ4v) is 2.40. The van der Waals surface area contributed by atoms with Gasteiger partial charge in [-0.05, 0) is 14.0 Å². The number of thioether (sulfide) groups is 1. The summed E-state index contributed by atoms with van der Waals surface area (Å²) in [5, 5.41) is 0. The molecule has 0 radical (unpaired) electrons. The first kappa shape index (κ1) is 8.87. The molecule has 1 aliphatic heterocycles. The molecular weight excluding hydrogens is 160 g/mol. The number of hydrogen-bond donors (Lipinski definition) is 1. The zero-order valence-corrected chi connectivity index (χ0v) is 7.78. The number of carbonyl (C=O) groups is 1. The molecule has 1 saturated heterocycles. The van der Waals surface area contributed by atoms with Crippen LogP contribution in [0.5, 0.6) is 0 Å². The van der Waals surface area contributed by atoms with E-state index < -0.39 is 5.54 Å². The maximum Gasteiger partial charge on any atom is 0.238 e. The fraction of sp³-hybridized carbons (Fsp3) is 0.857. The maximum absolute atomic E-state index is 11.1. The molecule has 1 rings (SSSR count). The highest BCUT2D eigenvalue weighted by atomic mass is 32.2. The number of nitrogens with zero attached hydrogens (tertiary/aromatic N) is 1. The van der Waals surface area contributed by atoms with Crippen LogP contribution in [0.25, 0.3) is 0 Å². The third-order valence-corrected chi connectivity index (χ3v) is 3.56. The van der Waals surface area contributed by atoms with E-state index in [0.29, 0.717) is 0 Å². The van der Waals surface area contributed by atoms with Gasteiger partial charge in [-0.2, -0.15) is 11.8 Å². The molecule has 11 heavy (non-hydrogen) atoms. The van der Waals surface area contributed by atoms with E-state index in [-0.39, 0.29) is 5.91 Å². The number of primary amides is 1. The molecule has 0 aromatic carbocycles. The molecular formula is C7H14N2OS. The number of carbonyl (C=O) groups excluding carboxylic acids is 1. The zero-order chi connectivity index (χ0) is 8.48. The lowest BCUT2D eigenvalue weighted by atomic mass is 10.0. The van der Waals surface area contributed by atoms with Crippen molar-refractivity contribution in [3.05, 3.63) is 0 Å². The molecule has 64 valence electrons. The summed E-state index contributed by atoms with van der Waals surface area (Å²) in [7, 11) is 1.95. The summed E-state index contributed by atoms with van der Waals surface area (Å²) >= 11 is 1.79. The van der Waals surface area contributed by atoms with Gasteiger partial charge in [0.05, 0.1) is 0 Å². The summed E-state index contributed by atoms with van der Waals surface area (Å²) in [5.41, 5.74) is 4.87. The monoisotopic (exact) mass is 174 g/mol. The topological polar surface area (TPSA) is 46.3 Å². The van der Waals surface area contributed by atoms with Crippen molar-refractivity contribution in [2.75, 3.05) is 25.1 Å². The Bertz CT molecular complexity index is 174. The van der Waals surface area contributed by atoms with Crippen LogP contribution in [0, 0.1) is 0 Å². The Balaban J connectivity index is 2.72. The average molecular weight is 174 g/mol. The minimum atomic E-state index is -0.428. The summed E-state index contributed by atoms with van der Waals surface area (Å²) < 4.78 is 0. The van der Waals surface area contributed by atoms with Gasteiger partial charge in [0.15, 0.2) is 0 Å². The van der Waals surface area contributed by atoms with Gasteiger partial charge in [0.1, 0.15) is 5.54 Å². The standard InChI is InChI=1S/C7H14N2OS/c1-7(6(8)10)5-11-4-3-9(7)2/h3-5H2,1-2H3,(H2,8,10). The Hall–Kier alpha value is -0.220. The van der Waals surface area contributed by atoms with Crippen molar-refractivity contribution in [3.8, 4) is 0 Å². The fourth-order valence-electron chi connectivity index (χ4n) is 1.09. The Morgan fingerprint density at radius 2 is 2.36 bits per heavy atom. The molecule has 1 unspecified atom stereocenters. The lowest BCUT2D eigenvalue weighted by molar-refractivity contribution is -0.127. The van der Waals surface area contributed by atoms with Crippen molar-refractivity contribution in [1.82, 2.24) is 4.90 Å². The highest BCUT2D eigenvalue weighted by Gasteiger charge is 2.37. The number of nitrogens with two attached hydrogens (primary N) is 1. The Morgan fingerprint density at radius 1 is 1.73 bits per heavy atom. The second kappa shape index (κ2) is 3.03. The van der Waals surface area contributed by atoms with Crippen LogP contribution in [0.1, 0.15) is 6.92 Å². The van der Waals surface area contributed by atoms with E-state index >= 15 is 0 Å². The van der Waals surface area contributed by atoms with Crippen LogP contribution >= 0.6 is 11.8 Å². The van der Waals surface area contributed by atoms with Crippen LogP contribution in [-0.4, -0.2) is 41.4 Å². The summed E-state index contributed by atoms with van der Waals surface area (Å²) in [4.78, 5) is 13.1. The van der Waals surface area contributed by atoms with Gasteiger partial charge in [0, 0.05) is 18.1 Å². The highest BCUT2D eigenvalue weighted by Crippen LogP contribution is 2.24. The smallest absolute Gasteiger partial charge is 0.238 e. The first-order valence-corrected chi connectivity index (χ1v) is 4.82. The molecule has 3 nitrogen and oxygen atoms in total. The van der Waals surface area contributed by atoms with Crippen molar-refractivity contribution in [3.63, 3.8) is 0 Å². The third kappa shape index (κ3) is 1.51. The van der Waals surface area contributed by atoms with Gasteiger partial charge in [0.25, 0.3) is 0 Å². The van der Waals surface area contributed by atoms with Crippen LogP contribution in [0.4, 0.5) is 0 Å². The van der Waals surface area contributed by atoms with Crippen molar-refractivity contribution in [1.29, 1.82) is 0 Å². The summed E-state index contributed by atoms with van der Waals surface area (Å²) in [5.74, 6) is 1.70. The molecule has 2 N–H and O–H groups in total. The Labute approximate surface area is 71.3 Å². The van der Waals surface area contributed by atoms with Gasteiger partial charge >= 0.3 is 0 Å². The molecule has 1 fully saturated rings. The average Bonchev–Trinajstić information content (AvgIpc) is 1.95. The minimum absolute atomic E-state index is 0.216. The summed E-state index contributed by atoms with van der Waals surface area (Å²) in [6.07, 6.45) is 0. The van der Waals surface area contributed by atoms with E-state index in [1.165, 1.54) is 0 Å². The Kier molecular flexibility index (Phi) is 2.44. The molecule has 0 saturated carbocycles. The van der Waals surface area contributed by atoms with E-state index in [0.717, 1.165) is 18.1 Å². The van der Waals surface area contributed by atoms with Gasteiger partial charge in [-0.1, -0.05) is 0 Å². The van der Waals surface area contributed by atoms with Crippen LogP contribution in [-0.2, 0) is 4.79 Å². The van der Waals surface area contributed by atoms with Crippen molar-refractivity contribution < 1.29 is 4.79 Å².